The van der Waals surface area contributed by atoms with E-state index in [9.17, 15) is 4.79 Å². The summed E-state index contributed by atoms with van der Waals surface area (Å²) in [5, 5.41) is 0. The molecule has 0 bridgehead atoms. The minimum Gasteiger partial charge on any atom is -0.489 e. The highest BCUT2D eigenvalue weighted by Gasteiger charge is 2.25. The van der Waals surface area contributed by atoms with Crippen molar-refractivity contribution in [3.05, 3.63) is 77.4 Å². The van der Waals surface area contributed by atoms with Crippen LogP contribution in [0.5, 0.6) is 5.75 Å². The van der Waals surface area contributed by atoms with Crippen LogP contribution in [0, 0.1) is 6.92 Å². The maximum atomic E-state index is 12.1. The summed E-state index contributed by atoms with van der Waals surface area (Å²) >= 11 is 0. The Balaban J connectivity index is 1.58. The van der Waals surface area contributed by atoms with Crippen LogP contribution in [0.3, 0.4) is 0 Å². The lowest BCUT2D eigenvalue weighted by Gasteiger charge is -2.32. The monoisotopic (exact) mass is 377 g/mol. The molecule has 0 atom stereocenters. The van der Waals surface area contributed by atoms with Crippen molar-refractivity contribution in [3.8, 4) is 5.75 Å². The third-order valence-corrected chi connectivity index (χ3v) is 4.97. The molecule has 0 saturated heterocycles. The number of aromatic nitrogens is 2. The third-order valence-electron chi connectivity index (χ3n) is 4.97. The molecule has 6 heteroatoms. The normalized spacial score (nSPS) is 13.0. The third kappa shape index (κ3) is 3.58. The molecule has 0 unspecified atom stereocenters. The number of esters is 1. The maximum Gasteiger partial charge on any atom is 0.341 e. The van der Waals surface area contributed by atoms with Gasteiger partial charge in [-0.2, -0.15) is 0 Å². The Bertz CT molecular complexity index is 979. The fourth-order valence-corrected chi connectivity index (χ4v) is 3.45. The highest BCUT2D eigenvalue weighted by Crippen LogP contribution is 2.36. The largest absolute Gasteiger partial charge is 0.489 e. The predicted octanol–water partition coefficient (Wildman–Crippen LogP) is 3.43. The molecule has 2 heterocycles. The van der Waals surface area contributed by atoms with Gasteiger partial charge < -0.3 is 18.9 Å². The maximum absolute atomic E-state index is 12.1. The van der Waals surface area contributed by atoms with Gasteiger partial charge in [-0.1, -0.05) is 35.9 Å². The predicted molar refractivity (Wildman–Crippen MR) is 107 cm³/mol. The van der Waals surface area contributed by atoms with Gasteiger partial charge in [0.1, 0.15) is 12.2 Å². The molecule has 0 saturated carbocycles. The number of rotatable bonds is 5. The zero-order valence-corrected chi connectivity index (χ0v) is 16.1. The molecule has 1 aromatic heterocycles. The number of hydrogen-bond acceptors (Lipinski definition) is 5. The number of imidazole rings is 1. The van der Waals surface area contributed by atoms with Crippen LogP contribution in [0.4, 0.5) is 5.69 Å². The fourth-order valence-electron chi connectivity index (χ4n) is 3.45. The number of aryl methyl sites for hydroxylation is 1. The van der Waals surface area contributed by atoms with Gasteiger partial charge in [-0.05, 0) is 24.6 Å². The van der Waals surface area contributed by atoms with E-state index in [2.05, 4.69) is 45.6 Å². The first-order valence-electron chi connectivity index (χ1n) is 9.29. The van der Waals surface area contributed by atoms with E-state index in [4.69, 9.17) is 9.47 Å². The molecule has 0 aliphatic carbocycles. The highest BCUT2D eigenvalue weighted by molar-refractivity contribution is 5.95. The Hall–Kier alpha value is -3.28. The van der Waals surface area contributed by atoms with E-state index in [0.717, 1.165) is 24.5 Å². The molecule has 1 aliphatic heterocycles. The lowest BCUT2D eigenvalue weighted by Crippen LogP contribution is -2.33. The van der Waals surface area contributed by atoms with Crippen LogP contribution in [-0.4, -0.2) is 35.8 Å². The number of hydrogen-bond donors (Lipinski definition) is 0. The molecule has 4 rings (SSSR count). The summed E-state index contributed by atoms with van der Waals surface area (Å²) in [5.74, 6) is 0.202. The zero-order chi connectivity index (χ0) is 19.5. The minimum atomic E-state index is -0.386. The van der Waals surface area contributed by atoms with E-state index in [1.54, 1.807) is 6.07 Å². The van der Waals surface area contributed by atoms with Gasteiger partial charge in [0.05, 0.1) is 37.9 Å². The quantitative estimate of drug-likeness (QED) is 0.638. The summed E-state index contributed by atoms with van der Waals surface area (Å²) in [5.41, 5.74) is 4.95. The molecular formula is C22H23N3O3. The lowest BCUT2D eigenvalue weighted by molar-refractivity contribution is 0.0595. The van der Waals surface area contributed by atoms with Crippen molar-refractivity contribution < 1.29 is 14.3 Å². The van der Waals surface area contributed by atoms with E-state index in [-0.39, 0.29) is 5.97 Å². The highest BCUT2D eigenvalue weighted by atomic mass is 16.5. The first-order valence-corrected chi connectivity index (χ1v) is 9.29. The minimum absolute atomic E-state index is 0.386. The standard InChI is InChI=1S/C22H23N3O3/c1-16-6-8-17(9-7-16)13-25-15-23-12-18(25)14-24-10-11-28-21-19(22(26)27-2)4-3-5-20(21)24/h3-9,12,15H,10-11,13-14H2,1-2H3. The van der Waals surface area contributed by atoms with Gasteiger partial charge >= 0.3 is 5.97 Å². The van der Waals surface area contributed by atoms with Crippen molar-refractivity contribution in [2.24, 2.45) is 0 Å². The van der Waals surface area contributed by atoms with Crippen LogP contribution < -0.4 is 9.64 Å². The van der Waals surface area contributed by atoms with Gasteiger partial charge in [0.2, 0.25) is 0 Å². The molecule has 0 fully saturated rings. The summed E-state index contributed by atoms with van der Waals surface area (Å²) in [6.07, 6.45) is 3.76. The van der Waals surface area contributed by atoms with Crippen LogP contribution in [-0.2, 0) is 17.8 Å². The first-order chi connectivity index (χ1) is 13.7. The van der Waals surface area contributed by atoms with Gasteiger partial charge in [0.25, 0.3) is 0 Å². The van der Waals surface area contributed by atoms with Gasteiger partial charge in [0.15, 0.2) is 5.75 Å². The van der Waals surface area contributed by atoms with E-state index in [0.29, 0.717) is 24.5 Å². The number of para-hydroxylation sites is 1. The zero-order valence-electron chi connectivity index (χ0n) is 16.1. The van der Waals surface area contributed by atoms with E-state index >= 15 is 0 Å². The number of methoxy groups -OCH3 is 1. The van der Waals surface area contributed by atoms with Gasteiger partial charge in [-0.3, -0.25) is 0 Å². The molecule has 144 valence electrons. The van der Waals surface area contributed by atoms with Crippen LogP contribution in [0.25, 0.3) is 0 Å². The average molecular weight is 377 g/mol. The molecule has 0 radical (unpaired) electrons. The molecular weight excluding hydrogens is 354 g/mol. The van der Waals surface area contributed by atoms with Crippen molar-refractivity contribution in [2.75, 3.05) is 25.2 Å². The SMILES string of the molecule is COC(=O)c1cccc2c1OCCN2Cc1cncn1Cc1ccc(C)cc1. The smallest absolute Gasteiger partial charge is 0.341 e. The summed E-state index contributed by atoms with van der Waals surface area (Å²) in [6.45, 7) is 4.81. The van der Waals surface area contributed by atoms with Crippen molar-refractivity contribution in [3.63, 3.8) is 0 Å². The number of carbonyl (C=O) groups excluding carboxylic acids is 1. The molecule has 0 spiro atoms. The lowest BCUT2D eigenvalue weighted by atomic mass is 10.1. The van der Waals surface area contributed by atoms with Crippen LogP contribution in [0.1, 0.15) is 27.2 Å². The van der Waals surface area contributed by atoms with Crippen molar-refractivity contribution >= 4 is 11.7 Å². The Morgan fingerprint density at radius 3 is 2.79 bits per heavy atom. The van der Waals surface area contributed by atoms with Gasteiger partial charge in [-0.15, -0.1) is 0 Å². The number of benzene rings is 2. The van der Waals surface area contributed by atoms with Crippen molar-refractivity contribution in [1.29, 1.82) is 0 Å². The number of fused-ring (bicyclic) bond motifs is 1. The average Bonchev–Trinajstić information content (AvgIpc) is 3.15. The number of anilines is 1. The number of nitrogens with zero attached hydrogens (tertiary/aromatic N) is 3. The molecule has 3 aromatic rings. The van der Waals surface area contributed by atoms with E-state index in [1.807, 2.05) is 24.7 Å². The second-order valence-corrected chi connectivity index (χ2v) is 6.91. The second kappa shape index (κ2) is 7.76. The first kappa shape index (κ1) is 18.1. The van der Waals surface area contributed by atoms with E-state index in [1.165, 1.54) is 18.2 Å². The summed E-state index contributed by atoms with van der Waals surface area (Å²) in [6, 6.07) is 14.1. The van der Waals surface area contributed by atoms with Gasteiger partial charge in [0, 0.05) is 12.7 Å². The Labute approximate surface area is 164 Å². The molecule has 0 amide bonds. The molecule has 0 N–H and O–H groups in total. The van der Waals surface area contributed by atoms with Gasteiger partial charge in [-0.25, -0.2) is 9.78 Å². The molecule has 6 nitrogen and oxygen atoms in total. The van der Waals surface area contributed by atoms with Crippen LogP contribution in [0.2, 0.25) is 0 Å². The Morgan fingerprint density at radius 2 is 2.00 bits per heavy atom. The van der Waals surface area contributed by atoms with E-state index < -0.39 is 0 Å². The Kier molecular flexibility index (Phi) is 5.02. The van der Waals surface area contributed by atoms with Crippen LogP contribution in [0.15, 0.2) is 55.0 Å². The summed E-state index contributed by atoms with van der Waals surface area (Å²) in [7, 11) is 1.38. The van der Waals surface area contributed by atoms with Crippen LogP contribution >= 0.6 is 0 Å². The van der Waals surface area contributed by atoms with Crippen molar-refractivity contribution in [2.45, 2.75) is 20.0 Å². The summed E-state index contributed by atoms with van der Waals surface area (Å²) in [4.78, 5) is 18.6. The summed E-state index contributed by atoms with van der Waals surface area (Å²) < 4.78 is 12.8. The molecule has 2 aromatic carbocycles. The topological polar surface area (TPSA) is 56.6 Å². The second-order valence-electron chi connectivity index (χ2n) is 6.91. The Morgan fingerprint density at radius 1 is 1.18 bits per heavy atom. The number of carbonyl (C=O) groups is 1. The molecule has 1 aliphatic rings. The van der Waals surface area contributed by atoms with Crippen molar-refractivity contribution in [1.82, 2.24) is 9.55 Å². The fraction of sp³-hybridized carbons (Fsp3) is 0.273. The number of ether oxygens (including phenoxy) is 2. The molecule has 28 heavy (non-hydrogen) atoms.